The average Bonchev–Trinajstić information content (AvgIpc) is 3.15. The number of nitrogens with zero attached hydrogens (tertiary/aromatic N) is 3. The summed E-state index contributed by atoms with van der Waals surface area (Å²) in [5.74, 6) is 1.02. The zero-order chi connectivity index (χ0) is 30.4. The van der Waals surface area contributed by atoms with E-state index in [1.807, 2.05) is 32.0 Å². The molecule has 2 aliphatic rings. The summed E-state index contributed by atoms with van der Waals surface area (Å²) in [6, 6.07) is 17.4. The molecule has 0 aromatic heterocycles. The van der Waals surface area contributed by atoms with E-state index in [0.717, 1.165) is 80.2 Å². The number of piperazine rings is 1. The van der Waals surface area contributed by atoms with Crippen LogP contribution < -0.4 is 19.7 Å². The Bertz CT molecular complexity index is 1430. The second-order valence-electron chi connectivity index (χ2n) is 10.6. The van der Waals surface area contributed by atoms with Gasteiger partial charge < -0.3 is 19.7 Å². The van der Waals surface area contributed by atoms with Gasteiger partial charge in [0.2, 0.25) is 5.91 Å². The van der Waals surface area contributed by atoms with Crippen LogP contribution in [0, 0.1) is 0 Å². The van der Waals surface area contributed by atoms with Crippen LogP contribution in [-0.2, 0) is 17.4 Å². The molecule has 228 valence electrons. The molecule has 0 atom stereocenters. The molecule has 1 amide bonds. The normalized spacial score (nSPS) is 15.8. The van der Waals surface area contributed by atoms with Crippen molar-refractivity contribution in [2.24, 2.45) is 4.99 Å². The van der Waals surface area contributed by atoms with E-state index in [1.54, 1.807) is 18.2 Å². The Morgan fingerprint density at radius 3 is 2.16 bits per heavy atom. The van der Waals surface area contributed by atoms with Gasteiger partial charge in [-0.05, 0) is 69.1 Å². The first kappa shape index (κ1) is 30.4. The average molecular weight is 595 g/mol. The van der Waals surface area contributed by atoms with Gasteiger partial charge in [0.1, 0.15) is 6.54 Å². The second-order valence-corrected chi connectivity index (χ2v) is 10.6. The molecule has 7 nitrogen and oxygen atoms in total. The highest BCUT2D eigenvalue weighted by atomic mass is 19.4. The highest BCUT2D eigenvalue weighted by molar-refractivity contribution is 6.19. The summed E-state index contributed by atoms with van der Waals surface area (Å²) in [5.41, 5.74) is 4.53. The Kier molecular flexibility index (Phi) is 9.55. The molecule has 0 aliphatic carbocycles. The van der Waals surface area contributed by atoms with Gasteiger partial charge in [-0.3, -0.25) is 14.7 Å². The predicted molar refractivity (Wildman–Crippen MR) is 163 cm³/mol. The minimum absolute atomic E-state index is 0.0336. The van der Waals surface area contributed by atoms with Crippen molar-refractivity contribution in [2.75, 3.05) is 62.7 Å². The number of amides is 1. The fourth-order valence-electron chi connectivity index (χ4n) is 5.50. The summed E-state index contributed by atoms with van der Waals surface area (Å²) in [6.45, 7) is 9.11. The fourth-order valence-corrected chi connectivity index (χ4v) is 5.50. The van der Waals surface area contributed by atoms with Crippen molar-refractivity contribution in [3.05, 3.63) is 82.9 Å². The number of fused-ring (bicyclic) bond motifs is 1. The standard InChI is InChI=1S/C33H37F3N4O3/c1-3-42-29-20-27-28(21-30(29)43-4-2)38-31(41)22-37-32(27)24-9-7-23(8-10-24)6-5-15-39-16-18-40(19-17-39)26-13-11-25(12-14-26)33(34,35)36/h7-14,20-21H,3-6,15-19,22H2,1-2H3,(H,38,41). The molecule has 0 bridgehead atoms. The summed E-state index contributed by atoms with van der Waals surface area (Å²) in [5, 5.41) is 2.94. The number of ether oxygens (including phenoxy) is 2. The van der Waals surface area contributed by atoms with Gasteiger partial charge in [-0.25, -0.2) is 0 Å². The van der Waals surface area contributed by atoms with Crippen LogP contribution in [0.1, 0.15) is 42.5 Å². The summed E-state index contributed by atoms with van der Waals surface area (Å²) in [6.07, 6.45) is -2.39. The number of nitrogens with one attached hydrogen (secondary N) is 1. The van der Waals surface area contributed by atoms with E-state index in [2.05, 4.69) is 32.2 Å². The summed E-state index contributed by atoms with van der Waals surface area (Å²) < 4.78 is 50.2. The highest BCUT2D eigenvalue weighted by Gasteiger charge is 2.30. The molecule has 0 radical (unpaired) electrons. The summed E-state index contributed by atoms with van der Waals surface area (Å²) >= 11 is 0. The monoisotopic (exact) mass is 594 g/mol. The Hall–Kier alpha value is -4.05. The number of hydrogen-bond donors (Lipinski definition) is 1. The zero-order valence-electron chi connectivity index (χ0n) is 24.5. The van der Waals surface area contributed by atoms with Crippen LogP contribution in [0.2, 0.25) is 0 Å². The van der Waals surface area contributed by atoms with E-state index in [1.165, 1.54) is 5.56 Å². The fraction of sp³-hybridized carbons (Fsp3) is 0.394. The Labute approximate surface area is 250 Å². The minimum atomic E-state index is -4.31. The maximum absolute atomic E-state index is 12.9. The van der Waals surface area contributed by atoms with Crippen molar-refractivity contribution in [3.63, 3.8) is 0 Å². The molecule has 3 aromatic carbocycles. The molecular formula is C33H37F3N4O3. The molecule has 3 aromatic rings. The Balaban J connectivity index is 1.17. The smallest absolute Gasteiger partial charge is 0.416 e. The quantitative estimate of drug-likeness (QED) is 0.310. The van der Waals surface area contributed by atoms with Crippen molar-refractivity contribution < 1.29 is 27.4 Å². The van der Waals surface area contributed by atoms with Gasteiger partial charge in [0.15, 0.2) is 11.5 Å². The van der Waals surface area contributed by atoms with E-state index < -0.39 is 11.7 Å². The molecule has 2 heterocycles. The number of benzene rings is 3. The van der Waals surface area contributed by atoms with Gasteiger partial charge in [0.05, 0.1) is 30.2 Å². The lowest BCUT2D eigenvalue weighted by atomic mass is 9.98. The minimum Gasteiger partial charge on any atom is -0.490 e. The molecule has 1 N–H and O–H groups in total. The number of hydrogen-bond acceptors (Lipinski definition) is 6. The number of carbonyl (C=O) groups excluding carboxylic acids is 1. The highest BCUT2D eigenvalue weighted by Crippen LogP contribution is 2.36. The number of rotatable bonds is 10. The van der Waals surface area contributed by atoms with E-state index >= 15 is 0 Å². The number of benzodiazepines with no additional fused rings is 1. The van der Waals surface area contributed by atoms with Crippen molar-refractivity contribution in [1.82, 2.24) is 4.90 Å². The summed E-state index contributed by atoms with van der Waals surface area (Å²) in [7, 11) is 0. The molecule has 43 heavy (non-hydrogen) atoms. The first-order chi connectivity index (χ1) is 20.7. The van der Waals surface area contributed by atoms with E-state index in [-0.39, 0.29) is 12.5 Å². The SMILES string of the molecule is CCOc1cc2c(cc1OCC)C(c1ccc(CCCN3CCN(c4ccc(C(F)(F)F)cc4)CC3)cc1)=NCC(=O)N2. The van der Waals surface area contributed by atoms with Gasteiger partial charge in [0.25, 0.3) is 0 Å². The van der Waals surface area contributed by atoms with Crippen LogP contribution in [-0.4, -0.2) is 69.0 Å². The molecule has 0 spiro atoms. The number of aliphatic imine (C=N–C) groups is 1. The molecular weight excluding hydrogens is 557 g/mol. The van der Waals surface area contributed by atoms with Crippen LogP contribution in [0.5, 0.6) is 11.5 Å². The molecule has 0 unspecified atom stereocenters. The van der Waals surface area contributed by atoms with Crippen LogP contribution in [0.3, 0.4) is 0 Å². The van der Waals surface area contributed by atoms with Gasteiger partial charge in [-0.1, -0.05) is 24.3 Å². The van der Waals surface area contributed by atoms with Crippen molar-refractivity contribution in [3.8, 4) is 11.5 Å². The molecule has 1 fully saturated rings. The van der Waals surface area contributed by atoms with Crippen LogP contribution in [0.4, 0.5) is 24.5 Å². The third-order valence-electron chi connectivity index (χ3n) is 7.69. The zero-order valence-corrected chi connectivity index (χ0v) is 24.5. The predicted octanol–water partition coefficient (Wildman–Crippen LogP) is 6.05. The largest absolute Gasteiger partial charge is 0.490 e. The third kappa shape index (κ3) is 7.48. The first-order valence-corrected chi connectivity index (χ1v) is 14.8. The number of anilines is 2. The number of carbonyl (C=O) groups is 1. The van der Waals surface area contributed by atoms with Crippen LogP contribution in [0.15, 0.2) is 65.7 Å². The molecule has 0 saturated carbocycles. The lowest BCUT2D eigenvalue weighted by molar-refractivity contribution is -0.137. The van der Waals surface area contributed by atoms with Crippen LogP contribution >= 0.6 is 0 Å². The van der Waals surface area contributed by atoms with Crippen LogP contribution in [0.25, 0.3) is 0 Å². The van der Waals surface area contributed by atoms with Gasteiger partial charge in [0, 0.05) is 49.1 Å². The van der Waals surface area contributed by atoms with Gasteiger partial charge in [-0.2, -0.15) is 13.2 Å². The third-order valence-corrected chi connectivity index (χ3v) is 7.69. The van der Waals surface area contributed by atoms with E-state index in [0.29, 0.717) is 30.4 Å². The number of alkyl halides is 3. The van der Waals surface area contributed by atoms with Gasteiger partial charge >= 0.3 is 6.18 Å². The second kappa shape index (κ2) is 13.5. The molecule has 10 heteroatoms. The first-order valence-electron chi connectivity index (χ1n) is 14.8. The topological polar surface area (TPSA) is 66.4 Å². The lowest BCUT2D eigenvalue weighted by Gasteiger charge is -2.36. The lowest BCUT2D eigenvalue weighted by Crippen LogP contribution is -2.46. The molecule has 1 saturated heterocycles. The molecule has 2 aliphatic heterocycles. The van der Waals surface area contributed by atoms with Crippen molar-refractivity contribution in [2.45, 2.75) is 32.9 Å². The summed E-state index contributed by atoms with van der Waals surface area (Å²) in [4.78, 5) is 21.6. The van der Waals surface area contributed by atoms with E-state index in [4.69, 9.17) is 9.47 Å². The van der Waals surface area contributed by atoms with Gasteiger partial charge in [-0.15, -0.1) is 0 Å². The van der Waals surface area contributed by atoms with Crippen molar-refractivity contribution in [1.29, 1.82) is 0 Å². The van der Waals surface area contributed by atoms with E-state index in [9.17, 15) is 18.0 Å². The molecule has 5 rings (SSSR count). The maximum atomic E-state index is 12.9. The Morgan fingerprint density at radius 2 is 1.53 bits per heavy atom. The Morgan fingerprint density at radius 1 is 0.884 bits per heavy atom. The van der Waals surface area contributed by atoms with Crippen molar-refractivity contribution >= 4 is 23.0 Å². The number of aryl methyl sites for hydroxylation is 1. The maximum Gasteiger partial charge on any atom is 0.416 e. The number of halogens is 3.